The molecule has 0 aromatic heterocycles. The first-order valence-corrected chi connectivity index (χ1v) is 8.07. The number of ether oxygens (including phenoxy) is 1. The van der Waals surface area contributed by atoms with Crippen molar-refractivity contribution >= 4 is 5.97 Å². The van der Waals surface area contributed by atoms with Crippen molar-refractivity contribution in [3.05, 3.63) is 35.4 Å². The molecule has 1 saturated carbocycles. The molecule has 0 saturated heterocycles. The van der Waals surface area contributed by atoms with Crippen LogP contribution in [0.1, 0.15) is 50.2 Å². The number of esters is 1. The SMILES string of the molecule is COC(=O)Cc1ccccc1CN[C@@H](C)C1CCCCC1. The number of methoxy groups -OCH3 is 1. The molecule has 1 atom stereocenters. The first kappa shape index (κ1) is 16.0. The maximum Gasteiger partial charge on any atom is 0.309 e. The zero-order chi connectivity index (χ0) is 15.1. The Morgan fingerprint density at radius 3 is 2.57 bits per heavy atom. The average Bonchev–Trinajstić information content (AvgIpc) is 2.54. The maximum absolute atomic E-state index is 11.5. The number of rotatable bonds is 6. The highest BCUT2D eigenvalue weighted by Gasteiger charge is 2.19. The molecule has 2 rings (SSSR count). The van der Waals surface area contributed by atoms with Crippen LogP contribution in [0.3, 0.4) is 0 Å². The van der Waals surface area contributed by atoms with E-state index in [4.69, 9.17) is 4.74 Å². The highest BCUT2D eigenvalue weighted by Crippen LogP contribution is 2.26. The number of benzene rings is 1. The molecule has 0 amide bonds. The summed E-state index contributed by atoms with van der Waals surface area (Å²) >= 11 is 0. The largest absolute Gasteiger partial charge is 0.469 e. The van der Waals surface area contributed by atoms with Gasteiger partial charge < -0.3 is 10.1 Å². The lowest BCUT2D eigenvalue weighted by Gasteiger charge is -2.28. The molecule has 1 aliphatic carbocycles. The van der Waals surface area contributed by atoms with E-state index < -0.39 is 0 Å². The van der Waals surface area contributed by atoms with Crippen LogP contribution in [0.4, 0.5) is 0 Å². The van der Waals surface area contributed by atoms with Gasteiger partial charge in [0.2, 0.25) is 0 Å². The number of carbonyl (C=O) groups is 1. The molecule has 1 fully saturated rings. The number of carbonyl (C=O) groups excluding carboxylic acids is 1. The average molecular weight is 289 g/mol. The Hall–Kier alpha value is -1.35. The molecule has 1 aliphatic rings. The van der Waals surface area contributed by atoms with E-state index in [0.29, 0.717) is 12.5 Å². The minimum Gasteiger partial charge on any atom is -0.469 e. The van der Waals surface area contributed by atoms with Crippen molar-refractivity contribution in [2.45, 2.75) is 58.0 Å². The second-order valence-electron chi connectivity index (χ2n) is 6.09. The van der Waals surface area contributed by atoms with Crippen LogP contribution in [0.5, 0.6) is 0 Å². The third kappa shape index (κ3) is 4.85. The van der Waals surface area contributed by atoms with Gasteiger partial charge in [0.05, 0.1) is 13.5 Å². The zero-order valence-electron chi connectivity index (χ0n) is 13.2. The van der Waals surface area contributed by atoms with Gasteiger partial charge in [-0.15, -0.1) is 0 Å². The summed E-state index contributed by atoms with van der Waals surface area (Å²) in [4.78, 5) is 11.5. The van der Waals surface area contributed by atoms with Crippen LogP contribution in [-0.4, -0.2) is 19.1 Å². The van der Waals surface area contributed by atoms with E-state index >= 15 is 0 Å². The fourth-order valence-corrected chi connectivity index (χ4v) is 3.20. The van der Waals surface area contributed by atoms with Crippen LogP contribution >= 0.6 is 0 Å². The molecule has 1 aromatic rings. The van der Waals surface area contributed by atoms with E-state index in [9.17, 15) is 4.79 Å². The molecule has 0 bridgehead atoms. The second kappa shape index (κ2) is 8.18. The lowest BCUT2D eigenvalue weighted by molar-refractivity contribution is -0.139. The van der Waals surface area contributed by atoms with Crippen molar-refractivity contribution in [2.75, 3.05) is 7.11 Å². The van der Waals surface area contributed by atoms with Gasteiger partial charge in [-0.3, -0.25) is 4.79 Å². The molecule has 116 valence electrons. The summed E-state index contributed by atoms with van der Waals surface area (Å²) < 4.78 is 4.77. The molecule has 1 N–H and O–H groups in total. The highest BCUT2D eigenvalue weighted by atomic mass is 16.5. The van der Waals surface area contributed by atoms with Gasteiger partial charge in [0.25, 0.3) is 0 Å². The minimum absolute atomic E-state index is 0.178. The second-order valence-corrected chi connectivity index (χ2v) is 6.09. The summed E-state index contributed by atoms with van der Waals surface area (Å²) in [5.74, 6) is 0.620. The normalized spacial score (nSPS) is 17.4. The van der Waals surface area contributed by atoms with Crippen LogP contribution < -0.4 is 5.32 Å². The molecule has 0 aliphatic heterocycles. The molecular weight excluding hydrogens is 262 g/mol. The summed E-state index contributed by atoms with van der Waals surface area (Å²) in [6.07, 6.45) is 7.18. The smallest absolute Gasteiger partial charge is 0.309 e. The van der Waals surface area contributed by atoms with Crippen molar-refractivity contribution < 1.29 is 9.53 Å². The van der Waals surface area contributed by atoms with Crippen molar-refractivity contribution in [2.24, 2.45) is 5.92 Å². The summed E-state index contributed by atoms with van der Waals surface area (Å²) in [7, 11) is 1.44. The fourth-order valence-electron chi connectivity index (χ4n) is 3.20. The van der Waals surface area contributed by atoms with Gasteiger partial charge in [-0.1, -0.05) is 43.5 Å². The topological polar surface area (TPSA) is 38.3 Å². The minimum atomic E-state index is -0.178. The van der Waals surface area contributed by atoms with Crippen molar-refractivity contribution in [3.63, 3.8) is 0 Å². The fraction of sp³-hybridized carbons (Fsp3) is 0.611. The van der Waals surface area contributed by atoms with Crippen molar-refractivity contribution in [1.82, 2.24) is 5.32 Å². The predicted octanol–water partition coefficient (Wildman–Crippen LogP) is 3.46. The highest BCUT2D eigenvalue weighted by molar-refractivity contribution is 5.72. The molecule has 0 radical (unpaired) electrons. The molecule has 0 unspecified atom stereocenters. The van der Waals surface area contributed by atoms with Gasteiger partial charge in [-0.25, -0.2) is 0 Å². The van der Waals surface area contributed by atoms with E-state index in [-0.39, 0.29) is 5.97 Å². The predicted molar refractivity (Wildman–Crippen MR) is 85.0 cm³/mol. The Bertz CT molecular complexity index is 452. The lowest BCUT2D eigenvalue weighted by atomic mass is 9.84. The Morgan fingerprint density at radius 1 is 1.24 bits per heavy atom. The van der Waals surface area contributed by atoms with Crippen LogP contribution in [0.25, 0.3) is 0 Å². The summed E-state index contributed by atoms with van der Waals surface area (Å²) in [5, 5.41) is 3.65. The quantitative estimate of drug-likeness (QED) is 0.815. The Balaban J connectivity index is 1.91. The van der Waals surface area contributed by atoms with E-state index in [0.717, 1.165) is 18.0 Å². The molecule has 1 aromatic carbocycles. The van der Waals surface area contributed by atoms with Gasteiger partial charge in [0.15, 0.2) is 0 Å². The van der Waals surface area contributed by atoms with Crippen LogP contribution in [0.2, 0.25) is 0 Å². The maximum atomic E-state index is 11.5. The van der Waals surface area contributed by atoms with Gasteiger partial charge in [-0.05, 0) is 36.8 Å². The third-order valence-corrected chi connectivity index (χ3v) is 4.65. The van der Waals surface area contributed by atoms with E-state index in [1.807, 2.05) is 18.2 Å². The molecule has 3 heteroatoms. The Labute approximate surface area is 128 Å². The zero-order valence-corrected chi connectivity index (χ0v) is 13.2. The number of nitrogens with one attached hydrogen (secondary N) is 1. The van der Waals surface area contributed by atoms with Crippen LogP contribution in [0, 0.1) is 5.92 Å². The molecular formula is C18H27NO2. The lowest BCUT2D eigenvalue weighted by Crippen LogP contribution is -2.34. The van der Waals surface area contributed by atoms with Gasteiger partial charge in [0, 0.05) is 12.6 Å². The Kier molecular flexibility index (Phi) is 6.24. The number of hydrogen-bond acceptors (Lipinski definition) is 3. The monoisotopic (exact) mass is 289 g/mol. The molecule has 21 heavy (non-hydrogen) atoms. The molecule has 0 heterocycles. The van der Waals surface area contributed by atoms with Crippen molar-refractivity contribution in [1.29, 1.82) is 0 Å². The Morgan fingerprint density at radius 2 is 1.90 bits per heavy atom. The van der Waals surface area contributed by atoms with Crippen LogP contribution in [-0.2, 0) is 22.5 Å². The van der Waals surface area contributed by atoms with E-state index in [1.54, 1.807) is 0 Å². The molecule has 3 nitrogen and oxygen atoms in total. The van der Waals surface area contributed by atoms with E-state index in [2.05, 4.69) is 18.3 Å². The van der Waals surface area contributed by atoms with Crippen LogP contribution in [0.15, 0.2) is 24.3 Å². The first-order chi connectivity index (χ1) is 10.2. The van der Waals surface area contributed by atoms with Gasteiger partial charge in [-0.2, -0.15) is 0 Å². The number of hydrogen-bond donors (Lipinski definition) is 1. The summed E-state index contributed by atoms with van der Waals surface area (Å²) in [6.45, 7) is 3.11. The van der Waals surface area contributed by atoms with Gasteiger partial charge >= 0.3 is 5.97 Å². The molecule has 0 spiro atoms. The van der Waals surface area contributed by atoms with Gasteiger partial charge in [0.1, 0.15) is 0 Å². The van der Waals surface area contributed by atoms with Crippen molar-refractivity contribution in [3.8, 4) is 0 Å². The standard InChI is InChI=1S/C18H27NO2/c1-14(15-8-4-3-5-9-15)19-13-17-11-7-6-10-16(17)12-18(20)21-2/h6-7,10-11,14-15,19H,3-5,8-9,12-13H2,1-2H3/t14-/m0/s1. The van der Waals surface area contributed by atoms with E-state index in [1.165, 1.54) is 44.8 Å². The summed E-state index contributed by atoms with van der Waals surface area (Å²) in [5.41, 5.74) is 2.26. The first-order valence-electron chi connectivity index (χ1n) is 8.07. The summed E-state index contributed by atoms with van der Waals surface area (Å²) in [6, 6.07) is 8.66. The third-order valence-electron chi connectivity index (χ3n) is 4.65.